The standard InChI is InChI=1S/C16H17FN4O3/c1-24-15-7-6-10(9-19-15)20-14(22)8-13(21-16(18)23)11-4-2-3-5-12(11)17/h2-7,9,13H,8H2,1H3,(H,20,22)(H3,18,21,23). The average molecular weight is 332 g/mol. The van der Waals surface area contributed by atoms with E-state index in [2.05, 4.69) is 15.6 Å². The molecule has 2 rings (SSSR count). The Morgan fingerprint density at radius 2 is 2.04 bits per heavy atom. The van der Waals surface area contributed by atoms with E-state index in [9.17, 15) is 14.0 Å². The third-order valence-electron chi connectivity index (χ3n) is 3.22. The smallest absolute Gasteiger partial charge is 0.312 e. The van der Waals surface area contributed by atoms with Crippen LogP contribution in [0.15, 0.2) is 42.6 Å². The van der Waals surface area contributed by atoms with E-state index in [1.54, 1.807) is 18.2 Å². The van der Waals surface area contributed by atoms with Crippen molar-refractivity contribution in [3.05, 3.63) is 54.0 Å². The maximum absolute atomic E-state index is 13.9. The summed E-state index contributed by atoms with van der Waals surface area (Å²) >= 11 is 0. The summed E-state index contributed by atoms with van der Waals surface area (Å²) in [4.78, 5) is 27.3. The quantitative estimate of drug-likeness (QED) is 0.752. The van der Waals surface area contributed by atoms with E-state index >= 15 is 0 Å². The number of hydrogen-bond donors (Lipinski definition) is 3. The van der Waals surface area contributed by atoms with Crippen LogP contribution in [-0.4, -0.2) is 24.0 Å². The normalized spacial score (nSPS) is 11.4. The summed E-state index contributed by atoms with van der Waals surface area (Å²) < 4.78 is 18.8. The van der Waals surface area contributed by atoms with Gasteiger partial charge in [0.1, 0.15) is 5.82 Å². The maximum Gasteiger partial charge on any atom is 0.312 e. The molecule has 0 aliphatic rings. The Morgan fingerprint density at radius 1 is 1.29 bits per heavy atom. The van der Waals surface area contributed by atoms with E-state index in [0.717, 1.165) is 0 Å². The molecule has 4 N–H and O–H groups in total. The lowest BCUT2D eigenvalue weighted by Crippen LogP contribution is -2.35. The number of aromatic nitrogens is 1. The highest BCUT2D eigenvalue weighted by Gasteiger charge is 2.20. The lowest BCUT2D eigenvalue weighted by atomic mass is 10.0. The number of benzene rings is 1. The molecular formula is C16H17FN4O3. The predicted octanol–water partition coefficient (Wildman–Crippen LogP) is 1.97. The molecule has 1 unspecified atom stereocenters. The number of primary amides is 1. The molecule has 0 saturated heterocycles. The number of ether oxygens (including phenoxy) is 1. The first-order valence-corrected chi connectivity index (χ1v) is 7.10. The predicted molar refractivity (Wildman–Crippen MR) is 85.9 cm³/mol. The molecule has 126 valence electrons. The van der Waals surface area contributed by atoms with Crippen LogP contribution >= 0.6 is 0 Å². The number of rotatable bonds is 6. The number of hydrogen-bond acceptors (Lipinski definition) is 4. The van der Waals surface area contributed by atoms with Gasteiger partial charge in [-0.1, -0.05) is 18.2 Å². The minimum Gasteiger partial charge on any atom is -0.481 e. The SMILES string of the molecule is COc1ccc(NC(=O)CC(NC(N)=O)c2ccccc2F)cn1. The van der Waals surface area contributed by atoms with E-state index in [1.807, 2.05) is 0 Å². The molecule has 1 aromatic carbocycles. The van der Waals surface area contributed by atoms with Crippen LogP contribution < -0.4 is 21.1 Å². The minimum absolute atomic E-state index is 0.180. The van der Waals surface area contributed by atoms with Crippen molar-refractivity contribution >= 4 is 17.6 Å². The third-order valence-corrected chi connectivity index (χ3v) is 3.22. The van der Waals surface area contributed by atoms with Gasteiger partial charge in [0.15, 0.2) is 0 Å². The third kappa shape index (κ3) is 4.67. The second kappa shape index (κ2) is 7.91. The van der Waals surface area contributed by atoms with Crippen molar-refractivity contribution in [2.75, 3.05) is 12.4 Å². The Morgan fingerprint density at radius 3 is 2.62 bits per heavy atom. The number of pyridine rings is 1. The van der Waals surface area contributed by atoms with Crippen LogP contribution in [0.4, 0.5) is 14.9 Å². The average Bonchev–Trinajstić information content (AvgIpc) is 2.55. The van der Waals surface area contributed by atoms with Crippen LogP contribution in [0.5, 0.6) is 5.88 Å². The maximum atomic E-state index is 13.9. The van der Waals surface area contributed by atoms with Gasteiger partial charge in [-0.25, -0.2) is 14.2 Å². The molecule has 0 aliphatic carbocycles. The molecule has 7 nitrogen and oxygen atoms in total. The molecule has 2 aromatic rings. The van der Waals surface area contributed by atoms with Crippen molar-refractivity contribution in [3.63, 3.8) is 0 Å². The summed E-state index contributed by atoms with van der Waals surface area (Å²) in [6.45, 7) is 0. The zero-order valence-electron chi connectivity index (χ0n) is 13.0. The van der Waals surface area contributed by atoms with E-state index in [4.69, 9.17) is 10.5 Å². The molecule has 0 saturated carbocycles. The Balaban J connectivity index is 2.09. The Bertz CT molecular complexity index is 722. The summed E-state index contributed by atoms with van der Waals surface area (Å²) in [5, 5.41) is 4.99. The Kier molecular flexibility index (Phi) is 5.67. The van der Waals surface area contributed by atoms with Gasteiger partial charge >= 0.3 is 6.03 Å². The number of halogens is 1. The van der Waals surface area contributed by atoms with Gasteiger partial charge in [0, 0.05) is 11.6 Å². The number of carbonyl (C=O) groups excluding carboxylic acids is 2. The number of nitrogens with zero attached hydrogens (tertiary/aromatic N) is 1. The number of anilines is 1. The molecule has 0 bridgehead atoms. The fourth-order valence-electron chi connectivity index (χ4n) is 2.14. The molecule has 3 amide bonds. The van der Waals surface area contributed by atoms with Crippen LogP contribution in [0.3, 0.4) is 0 Å². The van der Waals surface area contributed by atoms with Gasteiger partial charge in [-0.05, 0) is 12.1 Å². The van der Waals surface area contributed by atoms with E-state index in [0.29, 0.717) is 11.6 Å². The molecule has 0 fully saturated rings. The van der Waals surface area contributed by atoms with Crippen molar-refractivity contribution in [3.8, 4) is 5.88 Å². The van der Waals surface area contributed by atoms with Crippen LogP contribution in [0.1, 0.15) is 18.0 Å². The van der Waals surface area contributed by atoms with Crippen LogP contribution in [0.2, 0.25) is 0 Å². The molecule has 0 spiro atoms. The summed E-state index contributed by atoms with van der Waals surface area (Å²) in [6, 6.07) is 7.34. The topological polar surface area (TPSA) is 106 Å². The van der Waals surface area contributed by atoms with Crippen molar-refractivity contribution in [2.45, 2.75) is 12.5 Å². The minimum atomic E-state index is -0.880. The summed E-state index contributed by atoms with van der Waals surface area (Å²) in [5.41, 5.74) is 5.74. The van der Waals surface area contributed by atoms with Gasteiger partial charge in [-0.15, -0.1) is 0 Å². The fraction of sp³-hybridized carbons (Fsp3) is 0.188. The number of urea groups is 1. The van der Waals surface area contributed by atoms with Crippen molar-refractivity contribution in [1.29, 1.82) is 0 Å². The Hall–Kier alpha value is -3.16. The largest absolute Gasteiger partial charge is 0.481 e. The highest BCUT2D eigenvalue weighted by Crippen LogP contribution is 2.21. The van der Waals surface area contributed by atoms with Gasteiger partial charge in [0.2, 0.25) is 11.8 Å². The van der Waals surface area contributed by atoms with Crippen molar-refractivity contribution < 1.29 is 18.7 Å². The monoisotopic (exact) mass is 332 g/mol. The molecular weight excluding hydrogens is 315 g/mol. The zero-order valence-corrected chi connectivity index (χ0v) is 13.0. The molecule has 0 aliphatic heterocycles. The first-order chi connectivity index (χ1) is 11.5. The fourth-order valence-corrected chi connectivity index (χ4v) is 2.14. The lowest BCUT2D eigenvalue weighted by Gasteiger charge is -2.18. The van der Waals surface area contributed by atoms with Gasteiger partial charge in [-0.2, -0.15) is 0 Å². The molecule has 1 aromatic heterocycles. The van der Waals surface area contributed by atoms with Crippen molar-refractivity contribution in [2.24, 2.45) is 5.73 Å². The molecule has 1 atom stereocenters. The summed E-state index contributed by atoms with van der Waals surface area (Å²) in [7, 11) is 1.48. The van der Waals surface area contributed by atoms with Gasteiger partial charge < -0.3 is 21.1 Å². The van der Waals surface area contributed by atoms with Gasteiger partial charge in [0.25, 0.3) is 0 Å². The lowest BCUT2D eigenvalue weighted by molar-refractivity contribution is -0.116. The van der Waals surface area contributed by atoms with Crippen LogP contribution in [-0.2, 0) is 4.79 Å². The number of nitrogens with one attached hydrogen (secondary N) is 2. The van der Waals surface area contributed by atoms with E-state index in [-0.39, 0.29) is 12.0 Å². The van der Waals surface area contributed by atoms with Crippen LogP contribution in [0, 0.1) is 5.82 Å². The van der Waals surface area contributed by atoms with E-state index in [1.165, 1.54) is 31.5 Å². The zero-order chi connectivity index (χ0) is 17.5. The molecule has 8 heteroatoms. The second-order valence-electron chi connectivity index (χ2n) is 4.92. The Labute approximate surface area is 138 Å². The van der Waals surface area contributed by atoms with Gasteiger partial charge in [-0.3, -0.25) is 4.79 Å². The summed E-state index contributed by atoms with van der Waals surface area (Å²) in [6.07, 6.45) is 1.24. The second-order valence-corrected chi connectivity index (χ2v) is 4.92. The van der Waals surface area contributed by atoms with Gasteiger partial charge in [0.05, 0.1) is 31.5 Å². The first-order valence-electron chi connectivity index (χ1n) is 7.10. The van der Waals surface area contributed by atoms with E-state index < -0.39 is 23.8 Å². The summed E-state index contributed by atoms with van der Waals surface area (Å²) in [5.74, 6) is -0.549. The number of amides is 3. The van der Waals surface area contributed by atoms with Crippen molar-refractivity contribution in [1.82, 2.24) is 10.3 Å². The highest BCUT2D eigenvalue weighted by molar-refractivity contribution is 5.91. The molecule has 24 heavy (non-hydrogen) atoms. The first kappa shape index (κ1) is 17.2. The van der Waals surface area contributed by atoms with Crippen LogP contribution in [0.25, 0.3) is 0 Å². The highest BCUT2D eigenvalue weighted by atomic mass is 19.1. The number of methoxy groups -OCH3 is 1. The number of nitrogens with two attached hydrogens (primary N) is 1. The molecule has 0 radical (unpaired) electrons. The molecule has 1 heterocycles. The number of carbonyl (C=O) groups is 2.